The van der Waals surface area contributed by atoms with Crippen LogP contribution in [-0.4, -0.2) is 36.0 Å². The maximum Gasteiger partial charge on any atom is 0.227 e. The molecule has 0 saturated carbocycles. The van der Waals surface area contributed by atoms with E-state index in [1.54, 1.807) is 0 Å². The number of hydrogen-bond donors (Lipinski definition) is 1. The van der Waals surface area contributed by atoms with Gasteiger partial charge in [0.2, 0.25) is 5.91 Å². The summed E-state index contributed by atoms with van der Waals surface area (Å²) >= 11 is 6.16. The molecule has 2 saturated heterocycles. The molecule has 1 amide bonds. The molecule has 1 aromatic rings. The molecule has 0 radical (unpaired) electrons. The molecular formula is C16H21ClN2O. The molecule has 4 heteroatoms. The zero-order valence-electron chi connectivity index (χ0n) is 11.6. The summed E-state index contributed by atoms with van der Waals surface area (Å²) in [5.41, 5.74) is 0.934. The lowest BCUT2D eigenvalue weighted by Crippen LogP contribution is -2.47. The third-order valence-corrected chi connectivity index (χ3v) is 4.85. The van der Waals surface area contributed by atoms with Crippen LogP contribution in [-0.2, 0) is 11.2 Å². The van der Waals surface area contributed by atoms with Crippen molar-refractivity contribution < 1.29 is 4.79 Å². The van der Waals surface area contributed by atoms with E-state index in [1.807, 2.05) is 24.3 Å². The van der Waals surface area contributed by atoms with Crippen molar-refractivity contribution in [2.45, 2.75) is 44.2 Å². The quantitative estimate of drug-likeness (QED) is 0.929. The largest absolute Gasteiger partial charge is 0.338 e. The van der Waals surface area contributed by atoms with E-state index in [0.717, 1.165) is 31.5 Å². The number of nitrogens with one attached hydrogen (secondary N) is 1. The minimum absolute atomic E-state index is 0.217. The van der Waals surface area contributed by atoms with E-state index in [9.17, 15) is 4.79 Å². The highest BCUT2D eigenvalue weighted by molar-refractivity contribution is 6.31. The Balaban J connectivity index is 1.68. The summed E-state index contributed by atoms with van der Waals surface area (Å²) in [6.07, 6.45) is 5.10. The van der Waals surface area contributed by atoms with Crippen LogP contribution in [0.15, 0.2) is 24.3 Å². The zero-order valence-corrected chi connectivity index (χ0v) is 12.4. The van der Waals surface area contributed by atoms with E-state index >= 15 is 0 Å². The Hall–Kier alpha value is -1.06. The molecule has 108 valence electrons. The number of amides is 1. The van der Waals surface area contributed by atoms with Crippen LogP contribution >= 0.6 is 11.6 Å². The Morgan fingerprint density at radius 3 is 2.90 bits per heavy atom. The number of likely N-dealkylation sites (tertiary alicyclic amines) is 1. The summed E-state index contributed by atoms with van der Waals surface area (Å²) in [6.45, 7) is 1.99. The van der Waals surface area contributed by atoms with Gasteiger partial charge in [-0.1, -0.05) is 29.8 Å². The number of hydrogen-bond acceptors (Lipinski definition) is 2. The highest BCUT2D eigenvalue weighted by Gasteiger charge is 2.35. The fourth-order valence-corrected chi connectivity index (χ4v) is 3.67. The number of rotatable bonds is 3. The van der Waals surface area contributed by atoms with Crippen molar-refractivity contribution in [2.24, 2.45) is 0 Å². The molecule has 3 nitrogen and oxygen atoms in total. The van der Waals surface area contributed by atoms with Crippen molar-refractivity contribution in [2.75, 3.05) is 13.1 Å². The van der Waals surface area contributed by atoms with Gasteiger partial charge < -0.3 is 10.2 Å². The van der Waals surface area contributed by atoms with Crippen molar-refractivity contribution in [3.05, 3.63) is 34.9 Å². The minimum atomic E-state index is 0.217. The molecule has 20 heavy (non-hydrogen) atoms. The van der Waals surface area contributed by atoms with Crippen molar-refractivity contribution in [3.8, 4) is 0 Å². The molecule has 0 bridgehead atoms. The molecule has 1 aromatic carbocycles. The Labute approximate surface area is 125 Å². The molecule has 0 aliphatic carbocycles. The highest BCUT2D eigenvalue weighted by atomic mass is 35.5. The molecule has 3 rings (SSSR count). The molecule has 0 spiro atoms. The normalized spacial score (nSPS) is 26.1. The average Bonchev–Trinajstić information content (AvgIpc) is 3.11. The van der Waals surface area contributed by atoms with Crippen LogP contribution in [0.5, 0.6) is 0 Å². The number of carbonyl (C=O) groups is 1. The molecule has 2 heterocycles. The van der Waals surface area contributed by atoms with Gasteiger partial charge in [-0.05, 0) is 43.9 Å². The van der Waals surface area contributed by atoms with E-state index in [-0.39, 0.29) is 5.91 Å². The third kappa shape index (κ3) is 2.84. The first kappa shape index (κ1) is 13.9. The van der Waals surface area contributed by atoms with Crippen LogP contribution < -0.4 is 5.32 Å². The monoisotopic (exact) mass is 292 g/mol. The molecule has 2 atom stereocenters. The second kappa shape index (κ2) is 6.15. The van der Waals surface area contributed by atoms with Crippen LogP contribution in [0.3, 0.4) is 0 Å². The molecule has 0 aromatic heterocycles. The van der Waals surface area contributed by atoms with E-state index in [0.29, 0.717) is 23.5 Å². The molecule has 1 N–H and O–H groups in total. The van der Waals surface area contributed by atoms with Crippen molar-refractivity contribution in [1.29, 1.82) is 0 Å². The Morgan fingerprint density at radius 2 is 2.15 bits per heavy atom. The summed E-state index contributed by atoms with van der Waals surface area (Å²) in [5.74, 6) is 0.217. The SMILES string of the molecule is O=C(Cc1ccccc1Cl)N1CCCC1C1CCCN1. The number of carbonyl (C=O) groups excluding carboxylic acids is 1. The molecule has 2 unspecified atom stereocenters. The predicted molar refractivity (Wildman–Crippen MR) is 80.9 cm³/mol. The predicted octanol–water partition coefficient (Wildman–Crippen LogP) is 2.63. The Morgan fingerprint density at radius 1 is 1.30 bits per heavy atom. The summed E-state index contributed by atoms with van der Waals surface area (Å²) in [6, 6.07) is 8.51. The van der Waals surface area contributed by atoms with Gasteiger partial charge in [-0.2, -0.15) is 0 Å². The Bertz CT molecular complexity index is 485. The second-order valence-corrected chi connectivity index (χ2v) is 6.17. The number of nitrogens with zero attached hydrogens (tertiary/aromatic N) is 1. The van der Waals surface area contributed by atoms with Gasteiger partial charge in [-0.3, -0.25) is 4.79 Å². The van der Waals surface area contributed by atoms with Gasteiger partial charge in [0.15, 0.2) is 0 Å². The lowest BCUT2D eigenvalue weighted by atomic mass is 10.0. The fourth-order valence-electron chi connectivity index (χ4n) is 3.47. The van der Waals surface area contributed by atoms with Gasteiger partial charge in [0, 0.05) is 23.7 Å². The second-order valence-electron chi connectivity index (χ2n) is 5.77. The molecule has 2 aliphatic rings. The fraction of sp³-hybridized carbons (Fsp3) is 0.562. The summed E-state index contributed by atoms with van der Waals surface area (Å²) in [7, 11) is 0. The van der Waals surface area contributed by atoms with E-state index < -0.39 is 0 Å². The first-order valence-electron chi connectivity index (χ1n) is 7.52. The standard InChI is InChI=1S/C16H21ClN2O/c17-13-6-2-1-5-12(13)11-16(20)19-10-4-8-15(19)14-7-3-9-18-14/h1-2,5-6,14-15,18H,3-4,7-11H2. The minimum Gasteiger partial charge on any atom is -0.338 e. The average molecular weight is 293 g/mol. The summed E-state index contributed by atoms with van der Waals surface area (Å²) in [5, 5.41) is 4.23. The number of benzene rings is 1. The van der Waals surface area contributed by atoms with Gasteiger partial charge in [0.25, 0.3) is 0 Å². The maximum atomic E-state index is 12.6. The van der Waals surface area contributed by atoms with Crippen molar-refractivity contribution in [3.63, 3.8) is 0 Å². The lowest BCUT2D eigenvalue weighted by molar-refractivity contribution is -0.131. The maximum absolute atomic E-state index is 12.6. The van der Waals surface area contributed by atoms with Crippen LogP contribution in [0, 0.1) is 0 Å². The first-order valence-corrected chi connectivity index (χ1v) is 7.90. The highest BCUT2D eigenvalue weighted by Crippen LogP contribution is 2.26. The van der Waals surface area contributed by atoms with E-state index in [1.165, 1.54) is 12.8 Å². The smallest absolute Gasteiger partial charge is 0.227 e. The van der Waals surface area contributed by atoms with Crippen molar-refractivity contribution in [1.82, 2.24) is 10.2 Å². The van der Waals surface area contributed by atoms with Gasteiger partial charge in [0.1, 0.15) is 0 Å². The van der Waals surface area contributed by atoms with E-state index in [2.05, 4.69) is 10.2 Å². The summed E-state index contributed by atoms with van der Waals surface area (Å²) < 4.78 is 0. The summed E-state index contributed by atoms with van der Waals surface area (Å²) in [4.78, 5) is 14.6. The van der Waals surface area contributed by atoms with Crippen LogP contribution in [0.2, 0.25) is 5.02 Å². The Kier molecular flexibility index (Phi) is 4.27. The van der Waals surface area contributed by atoms with Gasteiger partial charge >= 0.3 is 0 Å². The topological polar surface area (TPSA) is 32.3 Å². The molecule has 2 aliphatic heterocycles. The van der Waals surface area contributed by atoms with Gasteiger partial charge in [0.05, 0.1) is 6.42 Å². The third-order valence-electron chi connectivity index (χ3n) is 4.48. The van der Waals surface area contributed by atoms with Crippen molar-refractivity contribution >= 4 is 17.5 Å². The zero-order chi connectivity index (χ0) is 13.9. The first-order chi connectivity index (χ1) is 9.75. The van der Waals surface area contributed by atoms with Crippen LogP contribution in [0.1, 0.15) is 31.2 Å². The van der Waals surface area contributed by atoms with Crippen LogP contribution in [0.4, 0.5) is 0 Å². The van der Waals surface area contributed by atoms with E-state index in [4.69, 9.17) is 11.6 Å². The molecule has 2 fully saturated rings. The number of halogens is 1. The molecular weight excluding hydrogens is 272 g/mol. The van der Waals surface area contributed by atoms with Crippen LogP contribution in [0.25, 0.3) is 0 Å². The lowest BCUT2D eigenvalue weighted by Gasteiger charge is -2.29. The van der Waals surface area contributed by atoms with Gasteiger partial charge in [-0.15, -0.1) is 0 Å². The van der Waals surface area contributed by atoms with Gasteiger partial charge in [-0.25, -0.2) is 0 Å².